The highest BCUT2D eigenvalue weighted by molar-refractivity contribution is 5.98. The summed E-state index contributed by atoms with van der Waals surface area (Å²) >= 11 is 0. The SMILES string of the molecule is CN(CC(=O)N1CCCC(C(=O)O)C1)C(=O)c1cnn(C)c1-n1cccc1. The van der Waals surface area contributed by atoms with Crippen LogP contribution < -0.4 is 0 Å². The van der Waals surface area contributed by atoms with Gasteiger partial charge in [0.1, 0.15) is 11.4 Å². The molecule has 0 bridgehead atoms. The second kappa shape index (κ2) is 7.65. The number of nitrogens with zero attached hydrogens (tertiary/aromatic N) is 5. The van der Waals surface area contributed by atoms with E-state index in [-0.39, 0.29) is 24.9 Å². The molecule has 0 radical (unpaired) electrons. The van der Waals surface area contributed by atoms with Crippen LogP contribution >= 0.6 is 0 Å². The van der Waals surface area contributed by atoms with Crippen LogP contribution in [0.4, 0.5) is 0 Å². The Bertz CT molecular complexity index is 842. The molecular weight excluding hydrogens is 350 g/mol. The minimum absolute atomic E-state index is 0.106. The van der Waals surface area contributed by atoms with E-state index in [0.717, 1.165) is 0 Å². The second-order valence-electron chi connectivity index (χ2n) is 6.77. The minimum Gasteiger partial charge on any atom is -0.481 e. The second-order valence-corrected chi connectivity index (χ2v) is 6.77. The van der Waals surface area contributed by atoms with Gasteiger partial charge in [0.15, 0.2) is 0 Å². The van der Waals surface area contributed by atoms with Crippen molar-refractivity contribution >= 4 is 17.8 Å². The first kappa shape index (κ1) is 18.7. The van der Waals surface area contributed by atoms with Crippen molar-refractivity contribution in [3.63, 3.8) is 0 Å². The Balaban J connectivity index is 1.70. The predicted molar refractivity (Wildman–Crippen MR) is 96.4 cm³/mol. The minimum atomic E-state index is -0.886. The number of piperidine rings is 1. The Labute approximate surface area is 156 Å². The quantitative estimate of drug-likeness (QED) is 0.827. The van der Waals surface area contributed by atoms with Gasteiger partial charge in [0.2, 0.25) is 5.91 Å². The number of aromatic nitrogens is 3. The van der Waals surface area contributed by atoms with Crippen LogP contribution in [-0.2, 0) is 16.6 Å². The van der Waals surface area contributed by atoms with Gasteiger partial charge in [-0.1, -0.05) is 0 Å². The molecule has 0 saturated carbocycles. The molecule has 2 aromatic heterocycles. The van der Waals surface area contributed by atoms with Crippen LogP contribution in [0.2, 0.25) is 0 Å². The van der Waals surface area contributed by atoms with Crippen molar-refractivity contribution in [2.75, 3.05) is 26.7 Å². The van der Waals surface area contributed by atoms with Crippen LogP contribution in [0.1, 0.15) is 23.2 Å². The normalized spacial score (nSPS) is 17.0. The highest BCUT2D eigenvalue weighted by atomic mass is 16.4. The van der Waals surface area contributed by atoms with E-state index in [4.69, 9.17) is 5.11 Å². The highest BCUT2D eigenvalue weighted by Crippen LogP contribution is 2.18. The van der Waals surface area contributed by atoms with Crippen molar-refractivity contribution in [3.8, 4) is 5.82 Å². The van der Waals surface area contributed by atoms with E-state index in [1.54, 1.807) is 23.3 Å². The summed E-state index contributed by atoms with van der Waals surface area (Å²) in [4.78, 5) is 39.5. The number of carboxylic acids is 1. The molecule has 1 atom stereocenters. The van der Waals surface area contributed by atoms with Gasteiger partial charge in [-0.15, -0.1) is 0 Å². The van der Waals surface area contributed by atoms with Crippen molar-refractivity contribution in [2.24, 2.45) is 13.0 Å². The maximum Gasteiger partial charge on any atom is 0.308 e. The number of aliphatic carboxylic acids is 1. The Morgan fingerprint density at radius 3 is 2.67 bits per heavy atom. The number of rotatable bonds is 5. The third-order valence-electron chi connectivity index (χ3n) is 4.83. The zero-order valence-electron chi connectivity index (χ0n) is 15.4. The molecule has 0 aromatic carbocycles. The van der Waals surface area contributed by atoms with Crippen LogP contribution in [0, 0.1) is 5.92 Å². The zero-order valence-corrected chi connectivity index (χ0v) is 15.4. The van der Waals surface area contributed by atoms with E-state index in [0.29, 0.717) is 30.8 Å². The van der Waals surface area contributed by atoms with Crippen molar-refractivity contribution in [3.05, 3.63) is 36.3 Å². The Kier molecular flexibility index (Phi) is 5.29. The summed E-state index contributed by atoms with van der Waals surface area (Å²) in [6.07, 6.45) is 6.35. The van der Waals surface area contributed by atoms with Gasteiger partial charge in [0, 0.05) is 39.6 Å². The number of likely N-dealkylation sites (tertiary alicyclic amines) is 1. The summed E-state index contributed by atoms with van der Waals surface area (Å²) < 4.78 is 3.39. The molecule has 27 heavy (non-hydrogen) atoms. The van der Waals surface area contributed by atoms with Crippen molar-refractivity contribution in [2.45, 2.75) is 12.8 Å². The summed E-state index contributed by atoms with van der Waals surface area (Å²) in [7, 11) is 3.31. The standard InChI is InChI=1S/C18H23N5O4/c1-20(12-15(24)23-9-5-6-13(11-23)18(26)27)17(25)14-10-19-21(2)16(14)22-7-3-4-8-22/h3-4,7-8,10,13H,5-6,9,11-12H2,1-2H3,(H,26,27). The van der Waals surface area contributed by atoms with Gasteiger partial charge in [-0.3, -0.25) is 19.1 Å². The molecule has 2 amide bonds. The Morgan fingerprint density at radius 2 is 2.00 bits per heavy atom. The molecule has 9 nitrogen and oxygen atoms in total. The molecule has 1 unspecified atom stereocenters. The number of carbonyl (C=O) groups is 3. The van der Waals surface area contributed by atoms with Crippen molar-refractivity contribution < 1.29 is 19.5 Å². The third-order valence-corrected chi connectivity index (χ3v) is 4.83. The van der Waals surface area contributed by atoms with Gasteiger partial charge < -0.3 is 19.5 Å². The average Bonchev–Trinajstić information content (AvgIpc) is 3.30. The van der Waals surface area contributed by atoms with E-state index in [1.165, 1.54) is 16.0 Å². The van der Waals surface area contributed by atoms with Crippen LogP contribution in [0.25, 0.3) is 5.82 Å². The topological polar surface area (TPSA) is 101 Å². The summed E-state index contributed by atoms with van der Waals surface area (Å²) in [6, 6.07) is 3.70. The number of carbonyl (C=O) groups excluding carboxylic acids is 2. The number of likely N-dealkylation sites (N-methyl/N-ethyl adjacent to an activating group) is 1. The molecule has 1 aliphatic heterocycles. The first-order valence-corrected chi connectivity index (χ1v) is 8.80. The van der Waals surface area contributed by atoms with E-state index < -0.39 is 11.9 Å². The van der Waals surface area contributed by atoms with Gasteiger partial charge in [-0.25, -0.2) is 0 Å². The molecular formula is C18H23N5O4. The fourth-order valence-electron chi connectivity index (χ4n) is 3.35. The third kappa shape index (κ3) is 3.86. The molecule has 2 aromatic rings. The predicted octanol–water partition coefficient (Wildman–Crippen LogP) is 0.606. The zero-order chi connectivity index (χ0) is 19.6. The van der Waals surface area contributed by atoms with Gasteiger partial charge in [0.25, 0.3) is 5.91 Å². The molecule has 3 rings (SSSR count). The first-order valence-electron chi connectivity index (χ1n) is 8.80. The Morgan fingerprint density at radius 1 is 1.30 bits per heavy atom. The van der Waals surface area contributed by atoms with E-state index in [2.05, 4.69) is 5.10 Å². The highest BCUT2D eigenvalue weighted by Gasteiger charge is 2.29. The number of amides is 2. The fourth-order valence-corrected chi connectivity index (χ4v) is 3.35. The summed E-state index contributed by atoms with van der Waals surface area (Å²) in [5.74, 6) is -1.37. The van der Waals surface area contributed by atoms with E-state index >= 15 is 0 Å². The van der Waals surface area contributed by atoms with Crippen LogP contribution in [0.15, 0.2) is 30.7 Å². The van der Waals surface area contributed by atoms with Crippen molar-refractivity contribution in [1.29, 1.82) is 0 Å². The lowest BCUT2D eigenvalue weighted by atomic mass is 9.98. The number of carboxylic acid groups (broad SMARTS) is 1. The number of hydrogen-bond donors (Lipinski definition) is 1. The molecule has 1 N–H and O–H groups in total. The maximum absolute atomic E-state index is 12.9. The largest absolute Gasteiger partial charge is 0.481 e. The molecule has 144 valence electrons. The molecule has 1 saturated heterocycles. The number of aryl methyl sites for hydroxylation is 1. The summed E-state index contributed by atoms with van der Waals surface area (Å²) in [6.45, 7) is 0.606. The van der Waals surface area contributed by atoms with Gasteiger partial charge in [-0.2, -0.15) is 5.10 Å². The molecule has 3 heterocycles. The lowest BCUT2D eigenvalue weighted by molar-refractivity contribution is -0.145. The number of hydrogen-bond acceptors (Lipinski definition) is 4. The van der Waals surface area contributed by atoms with E-state index in [9.17, 15) is 14.4 Å². The monoisotopic (exact) mass is 373 g/mol. The molecule has 1 aliphatic rings. The lowest BCUT2D eigenvalue weighted by Gasteiger charge is -2.32. The van der Waals surface area contributed by atoms with Crippen LogP contribution in [-0.4, -0.2) is 73.7 Å². The van der Waals surface area contributed by atoms with Crippen LogP contribution in [0.5, 0.6) is 0 Å². The fraction of sp³-hybridized carbons (Fsp3) is 0.444. The molecule has 1 fully saturated rings. The summed E-state index contributed by atoms with van der Waals surface area (Å²) in [5.41, 5.74) is 0.394. The van der Waals surface area contributed by atoms with Gasteiger partial charge in [0.05, 0.1) is 18.7 Å². The molecule has 0 spiro atoms. The summed E-state index contributed by atoms with van der Waals surface area (Å²) in [5, 5.41) is 13.3. The van der Waals surface area contributed by atoms with Gasteiger partial charge >= 0.3 is 5.97 Å². The van der Waals surface area contributed by atoms with Gasteiger partial charge in [-0.05, 0) is 25.0 Å². The molecule has 9 heteroatoms. The maximum atomic E-state index is 12.9. The first-order chi connectivity index (χ1) is 12.9. The lowest BCUT2D eigenvalue weighted by Crippen LogP contribution is -2.47. The van der Waals surface area contributed by atoms with Crippen LogP contribution in [0.3, 0.4) is 0 Å². The van der Waals surface area contributed by atoms with E-state index in [1.807, 2.05) is 24.5 Å². The Hall–Kier alpha value is -3.10. The van der Waals surface area contributed by atoms with Crippen molar-refractivity contribution in [1.82, 2.24) is 24.1 Å². The molecule has 0 aliphatic carbocycles. The average molecular weight is 373 g/mol. The smallest absolute Gasteiger partial charge is 0.308 e.